The van der Waals surface area contributed by atoms with Crippen LogP contribution < -0.4 is 0 Å². The number of rotatable bonds is 1. The molecule has 3 nitrogen and oxygen atoms in total. The molecule has 0 N–H and O–H groups in total. The maximum Gasteiger partial charge on any atom is 0.130 e. The molecule has 2 aromatic heterocycles. The Bertz CT molecular complexity index is 756. The van der Waals surface area contributed by atoms with Gasteiger partial charge in [0.2, 0.25) is 0 Å². The van der Waals surface area contributed by atoms with E-state index in [1.165, 1.54) is 0 Å². The molecule has 118 valence electrons. The minimum Gasteiger partial charge on any atom is -0.301 e. The molecule has 0 saturated carbocycles. The first-order chi connectivity index (χ1) is 10.9. The average molecular weight is 326 g/mol. The van der Waals surface area contributed by atoms with Gasteiger partial charge in [-0.3, -0.25) is 4.98 Å². The van der Waals surface area contributed by atoms with Crippen LogP contribution in [-0.4, -0.2) is 34.0 Å². The van der Waals surface area contributed by atoms with Crippen LogP contribution in [0.3, 0.4) is 0 Å². The lowest BCUT2D eigenvalue weighted by atomic mass is 9.94. The molecular weight excluding hydrogens is 306 g/mol. The van der Waals surface area contributed by atoms with Gasteiger partial charge in [0.15, 0.2) is 0 Å². The van der Waals surface area contributed by atoms with Gasteiger partial charge in [-0.25, -0.2) is 4.98 Å². The van der Waals surface area contributed by atoms with E-state index >= 15 is 0 Å². The first-order valence-electron chi connectivity index (χ1n) is 7.75. The minimum atomic E-state index is 0.242. The van der Waals surface area contributed by atoms with Gasteiger partial charge in [-0.1, -0.05) is 23.4 Å². The number of likely N-dealkylation sites (N-methyl/N-ethyl adjacent to an activating group) is 1. The zero-order valence-corrected chi connectivity index (χ0v) is 14.4. The summed E-state index contributed by atoms with van der Waals surface area (Å²) in [4.78, 5) is 11.0. The highest BCUT2D eigenvalue weighted by Gasteiger charge is 2.36. The Morgan fingerprint density at radius 1 is 1.17 bits per heavy atom. The molecule has 1 fully saturated rings. The van der Waals surface area contributed by atoms with Gasteiger partial charge in [0.25, 0.3) is 0 Å². The summed E-state index contributed by atoms with van der Waals surface area (Å²) in [5, 5.41) is 0.457. The number of hydrogen-bond donors (Lipinski definition) is 0. The Hall–Kier alpha value is -1.89. The first-order valence-corrected chi connectivity index (χ1v) is 8.13. The van der Waals surface area contributed by atoms with Crippen molar-refractivity contribution in [2.75, 3.05) is 13.6 Å². The Kier molecular flexibility index (Phi) is 4.39. The SMILES string of the molecule is CN1C[C@@H](c2ccc(C#Cc3ccnc(Cl)c3)cn2)CC1(C)C. The van der Waals surface area contributed by atoms with Gasteiger partial charge in [-0.2, -0.15) is 0 Å². The molecule has 2 aromatic rings. The molecule has 0 spiro atoms. The summed E-state index contributed by atoms with van der Waals surface area (Å²) in [5.41, 5.74) is 3.16. The third-order valence-corrected chi connectivity index (χ3v) is 4.76. The minimum absolute atomic E-state index is 0.242. The predicted molar refractivity (Wildman–Crippen MR) is 93.5 cm³/mol. The Morgan fingerprint density at radius 2 is 1.96 bits per heavy atom. The van der Waals surface area contributed by atoms with Crippen LogP contribution in [0.5, 0.6) is 0 Å². The number of halogens is 1. The van der Waals surface area contributed by atoms with Crippen LogP contribution in [0.1, 0.15) is 43.0 Å². The number of aromatic nitrogens is 2. The maximum absolute atomic E-state index is 5.86. The summed E-state index contributed by atoms with van der Waals surface area (Å²) in [5.74, 6) is 6.71. The van der Waals surface area contributed by atoms with E-state index in [1.54, 1.807) is 12.3 Å². The highest BCUT2D eigenvalue weighted by molar-refractivity contribution is 6.29. The lowest BCUT2D eigenvalue weighted by Crippen LogP contribution is -2.34. The summed E-state index contributed by atoms with van der Waals surface area (Å²) in [6.07, 6.45) is 4.65. The molecule has 3 heterocycles. The van der Waals surface area contributed by atoms with Gasteiger partial charge in [-0.05, 0) is 51.6 Å². The molecule has 1 aliphatic heterocycles. The van der Waals surface area contributed by atoms with E-state index in [0.29, 0.717) is 11.1 Å². The van der Waals surface area contributed by atoms with Gasteiger partial charge < -0.3 is 4.90 Å². The van der Waals surface area contributed by atoms with Gasteiger partial charge in [-0.15, -0.1) is 0 Å². The van der Waals surface area contributed by atoms with E-state index in [0.717, 1.165) is 29.8 Å². The Morgan fingerprint density at radius 3 is 2.57 bits per heavy atom. The lowest BCUT2D eigenvalue weighted by Gasteiger charge is -2.26. The van der Waals surface area contributed by atoms with Gasteiger partial charge in [0.05, 0.1) is 0 Å². The number of hydrogen-bond acceptors (Lipinski definition) is 3. The second-order valence-electron chi connectivity index (χ2n) is 6.68. The number of pyridine rings is 2. The molecule has 1 aliphatic rings. The van der Waals surface area contributed by atoms with Gasteiger partial charge in [0.1, 0.15) is 5.15 Å². The average Bonchev–Trinajstić information content (AvgIpc) is 2.79. The fourth-order valence-corrected chi connectivity index (χ4v) is 3.12. The van der Waals surface area contributed by atoms with E-state index in [2.05, 4.69) is 53.7 Å². The van der Waals surface area contributed by atoms with E-state index < -0.39 is 0 Å². The first kappa shape index (κ1) is 16.0. The Balaban J connectivity index is 1.74. The predicted octanol–water partition coefficient (Wildman–Crippen LogP) is 3.73. The summed E-state index contributed by atoms with van der Waals surface area (Å²) in [6, 6.07) is 7.75. The number of nitrogens with zero attached hydrogens (tertiary/aromatic N) is 3. The normalized spacial score (nSPS) is 20.1. The molecule has 0 amide bonds. The van der Waals surface area contributed by atoms with Crippen LogP contribution in [0.15, 0.2) is 36.7 Å². The van der Waals surface area contributed by atoms with Crippen molar-refractivity contribution in [1.82, 2.24) is 14.9 Å². The highest BCUT2D eigenvalue weighted by atomic mass is 35.5. The van der Waals surface area contributed by atoms with E-state index in [9.17, 15) is 0 Å². The van der Waals surface area contributed by atoms with Crippen molar-refractivity contribution in [1.29, 1.82) is 0 Å². The van der Waals surface area contributed by atoms with Crippen LogP contribution in [0, 0.1) is 11.8 Å². The van der Waals surface area contributed by atoms with Crippen LogP contribution in [0.2, 0.25) is 5.15 Å². The van der Waals surface area contributed by atoms with Gasteiger partial charge in [0, 0.05) is 47.2 Å². The highest BCUT2D eigenvalue weighted by Crippen LogP contribution is 2.36. The smallest absolute Gasteiger partial charge is 0.130 e. The summed E-state index contributed by atoms with van der Waals surface area (Å²) in [7, 11) is 2.18. The van der Waals surface area contributed by atoms with Crippen molar-refractivity contribution in [3.63, 3.8) is 0 Å². The monoisotopic (exact) mass is 325 g/mol. The molecule has 1 saturated heterocycles. The van der Waals surface area contributed by atoms with Crippen molar-refractivity contribution < 1.29 is 0 Å². The fourth-order valence-electron chi connectivity index (χ4n) is 2.94. The van der Waals surface area contributed by atoms with Crippen LogP contribution in [-0.2, 0) is 0 Å². The molecule has 3 rings (SSSR count). The summed E-state index contributed by atoms with van der Waals surface area (Å²) < 4.78 is 0. The topological polar surface area (TPSA) is 29.0 Å². The molecular formula is C19H20ClN3. The van der Waals surface area contributed by atoms with Crippen molar-refractivity contribution >= 4 is 11.6 Å². The van der Waals surface area contributed by atoms with Crippen molar-refractivity contribution in [2.45, 2.75) is 31.7 Å². The van der Waals surface area contributed by atoms with Crippen molar-refractivity contribution in [3.05, 3.63) is 58.6 Å². The van der Waals surface area contributed by atoms with Gasteiger partial charge >= 0.3 is 0 Å². The molecule has 1 atom stereocenters. The van der Waals surface area contributed by atoms with Crippen LogP contribution >= 0.6 is 11.6 Å². The molecule has 0 unspecified atom stereocenters. The molecule has 0 bridgehead atoms. The second-order valence-corrected chi connectivity index (χ2v) is 7.07. The molecule has 4 heteroatoms. The second kappa shape index (κ2) is 6.31. The largest absolute Gasteiger partial charge is 0.301 e. The maximum atomic E-state index is 5.86. The molecule has 23 heavy (non-hydrogen) atoms. The van der Waals surface area contributed by atoms with E-state index in [4.69, 9.17) is 11.6 Å². The van der Waals surface area contributed by atoms with E-state index in [1.807, 2.05) is 18.3 Å². The number of likely N-dealkylation sites (tertiary alicyclic amines) is 1. The lowest BCUT2D eigenvalue weighted by molar-refractivity contribution is 0.218. The van der Waals surface area contributed by atoms with Crippen molar-refractivity contribution in [2.24, 2.45) is 0 Å². The van der Waals surface area contributed by atoms with Crippen LogP contribution in [0.25, 0.3) is 0 Å². The zero-order chi connectivity index (χ0) is 16.4. The Labute approximate surface area is 142 Å². The molecule has 0 aliphatic carbocycles. The fraction of sp³-hybridized carbons (Fsp3) is 0.368. The summed E-state index contributed by atoms with van der Waals surface area (Å²) >= 11 is 5.86. The van der Waals surface area contributed by atoms with Crippen LogP contribution in [0.4, 0.5) is 0 Å². The quantitative estimate of drug-likeness (QED) is 0.591. The van der Waals surface area contributed by atoms with Crippen molar-refractivity contribution in [3.8, 4) is 11.8 Å². The standard InChI is InChI=1S/C19H20ClN3/c1-19(2)11-16(13-23(19)3)17-7-6-15(12-22-17)5-4-14-8-9-21-18(20)10-14/h6-10,12,16H,11,13H2,1-3H3/t16-/m0/s1. The summed E-state index contributed by atoms with van der Waals surface area (Å²) in [6.45, 7) is 5.62. The third-order valence-electron chi connectivity index (χ3n) is 4.56. The van der Waals surface area contributed by atoms with E-state index in [-0.39, 0.29) is 5.54 Å². The molecule has 0 radical (unpaired) electrons. The zero-order valence-electron chi connectivity index (χ0n) is 13.7. The molecule has 0 aromatic carbocycles. The third kappa shape index (κ3) is 3.72.